The van der Waals surface area contributed by atoms with Crippen molar-refractivity contribution in [2.24, 2.45) is 0 Å². The van der Waals surface area contributed by atoms with Crippen LogP contribution in [0.1, 0.15) is 23.1 Å². The molecule has 0 bridgehead atoms. The minimum atomic E-state index is -0.843. The molecule has 240 valence electrons. The number of benzene rings is 4. The number of rotatable bonds is 11. The summed E-state index contributed by atoms with van der Waals surface area (Å²) in [6.07, 6.45) is 2.00. The first kappa shape index (κ1) is 31.6. The van der Waals surface area contributed by atoms with Gasteiger partial charge in [0, 0.05) is 25.9 Å². The molecule has 2 aliphatic rings. The van der Waals surface area contributed by atoms with Crippen LogP contribution in [0, 0.1) is 0 Å². The van der Waals surface area contributed by atoms with Crippen molar-refractivity contribution in [3.8, 4) is 17.2 Å². The average Bonchev–Trinajstić information content (AvgIpc) is 3.08. The van der Waals surface area contributed by atoms with E-state index in [1.807, 2.05) is 84.9 Å². The summed E-state index contributed by atoms with van der Waals surface area (Å²) in [4.78, 5) is 45.5. The molecule has 4 aromatic rings. The zero-order valence-electron chi connectivity index (χ0n) is 26.2. The van der Waals surface area contributed by atoms with Crippen molar-refractivity contribution in [2.45, 2.75) is 38.0 Å². The molecule has 2 heterocycles. The Morgan fingerprint density at radius 3 is 2.26 bits per heavy atom. The summed E-state index contributed by atoms with van der Waals surface area (Å²) in [5.74, 6) is 0.906. The van der Waals surface area contributed by atoms with Gasteiger partial charge in [0.1, 0.15) is 29.5 Å². The van der Waals surface area contributed by atoms with Gasteiger partial charge < -0.3 is 19.6 Å². The second-order valence-electron chi connectivity index (χ2n) is 11.8. The van der Waals surface area contributed by atoms with Gasteiger partial charge in [-0.2, -0.15) is 0 Å². The number of amides is 3. The molecular weight excluding hydrogens is 592 g/mol. The molecular formula is C38H38N4O5. The molecule has 2 aliphatic heterocycles. The van der Waals surface area contributed by atoms with Crippen LogP contribution in [0.15, 0.2) is 122 Å². The second-order valence-corrected chi connectivity index (χ2v) is 11.8. The third-order valence-corrected chi connectivity index (χ3v) is 8.51. The molecule has 2 atom stereocenters. The van der Waals surface area contributed by atoms with E-state index in [1.165, 1.54) is 0 Å². The summed E-state index contributed by atoms with van der Waals surface area (Å²) >= 11 is 0. The number of phenols is 1. The molecule has 2 fully saturated rings. The van der Waals surface area contributed by atoms with Gasteiger partial charge in [0.05, 0.1) is 13.1 Å². The first-order valence-corrected chi connectivity index (χ1v) is 15.8. The van der Waals surface area contributed by atoms with Crippen molar-refractivity contribution in [1.29, 1.82) is 0 Å². The lowest BCUT2D eigenvalue weighted by atomic mass is 9.98. The van der Waals surface area contributed by atoms with Crippen LogP contribution in [0.2, 0.25) is 0 Å². The Morgan fingerprint density at radius 2 is 1.53 bits per heavy atom. The predicted molar refractivity (Wildman–Crippen MR) is 178 cm³/mol. The summed E-state index contributed by atoms with van der Waals surface area (Å²) in [5.41, 5.74) is 2.70. The molecule has 6 rings (SSSR count). The Labute approximate surface area is 274 Å². The third-order valence-electron chi connectivity index (χ3n) is 8.51. The van der Waals surface area contributed by atoms with Crippen molar-refractivity contribution >= 4 is 17.7 Å². The van der Waals surface area contributed by atoms with E-state index in [4.69, 9.17) is 4.74 Å². The fourth-order valence-corrected chi connectivity index (χ4v) is 6.32. The zero-order chi connectivity index (χ0) is 32.8. The number of carbonyl (C=O) groups is 3. The van der Waals surface area contributed by atoms with E-state index in [9.17, 15) is 19.5 Å². The first-order chi connectivity index (χ1) is 22.9. The Morgan fingerprint density at radius 1 is 0.851 bits per heavy atom. The normalized spacial score (nSPS) is 18.2. The molecule has 9 nitrogen and oxygen atoms in total. The third kappa shape index (κ3) is 7.37. The molecule has 47 heavy (non-hydrogen) atoms. The van der Waals surface area contributed by atoms with Gasteiger partial charge in [0.15, 0.2) is 0 Å². The Kier molecular flexibility index (Phi) is 9.64. The van der Waals surface area contributed by atoms with Gasteiger partial charge in [-0.25, -0.2) is 10.0 Å². The minimum Gasteiger partial charge on any atom is -0.508 e. The zero-order valence-corrected chi connectivity index (χ0v) is 26.2. The van der Waals surface area contributed by atoms with Crippen molar-refractivity contribution in [3.63, 3.8) is 0 Å². The van der Waals surface area contributed by atoms with E-state index >= 15 is 0 Å². The van der Waals surface area contributed by atoms with Crippen LogP contribution < -0.4 is 4.74 Å². The van der Waals surface area contributed by atoms with Gasteiger partial charge in [-0.15, -0.1) is 6.58 Å². The number of aryl methyl sites for hydroxylation is 1. The molecule has 0 spiro atoms. The van der Waals surface area contributed by atoms with Crippen LogP contribution >= 0.6 is 0 Å². The van der Waals surface area contributed by atoms with Crippen LogP contribution in [0.3, 0.4) is 0 Å². The van der Waals surface area contributed by atoms with Crippen LogP contribution in [0.25, 0.3) is 0 Å². The van der Waals surface area contributed by atoms with Crippen molar-refractivity contribution in [1.82, 2.24) is 19.8 Å². The average molecular weight is 631 g/mol. The van der Waals surface area contributed by atoms with Gasteiger partial charge in [-0.1, -0.05) is 78.9 Å². The van der Waals surface area contributed by atoms with Crippen LogP contribution in [-0.2, 0) is 33.8 Å². The number of ether oxygens (including phenoxy) is 1. The highest BCUT2D eigenvalue weighted by atomic mass is 16.5. The maximum atomic E-state index is 14.3. The lowest BCUT2D eigenvalue weighted by Crippen LogP contribution is -2.75. The summed E-state index contributed by atoms with van der Waals surface area (Å²) < 4.78 is 6.05. The summed E-state index contributed by atoms with van der Waals surface area (Å²) in [5, 5.41) is 13.3. The van der Waals surface area contributed by atoms with E-state index < -0.39 is 12.2 Å². The lowest BCUT2D eigenvalue weighted by molar-refractivity contribution is -0.205. The van der Waals surface area contributed by atoms with Gasteiger partial charge in [0.25, 0.3) is 0 Å². The fourth-order valence-electron chi connectivity index (χ4n) is 6.32. The molecule has 1 N–H and O–H groups in total. The fraction of sp³-hybridized carbons (Fsp3) is 0.237. The quantitative estimate of drug-likeness (QED) is 0.230. The number of aromatic hydroxyl groups is 1. The number of fused-ring (bicyclic) bond motifs is 1. The van der Waals surface area contributed by atoms with Crippen molar-refractivity contribution in [3.05, 3.63) is 139 Å². The van der Waals surface area contributed by atoms with E-state index in [-0.39, 0.29) is 55.9 Å². The topological polar surface area (TPSA) is 93.6 Å². The number of hydrogen-bond acceptors (Lipinski definition) is 6. The van der Waals surface area contributed by atoms with E-state index in [0.717, 1.165) is 16.7 Å². The smallest absolute Gasteiger partial charge is 0.246 e. The van der Waals surface area contributed by atoms with E-state index in [1.54, 1.807) is 50.2 Å². The number of piperazine rings is 1. The van der Waals surface area contributed by atoms with Crippen LogP contribution in [0.5, 0.6) is 17.2 Å². The summed E-state index contributed by atoms with van der Waals surface area (Å²) in [6, 6.07) is 32.7. The second kappa shape index (κ2) is 14.3. The number of carbonyl (C=O) groups excluding carboxylic acids is 3. The number of hydrogen-bond donors (Lipinski definition) is 1. The number of nitrogens with zero attached hydrogens (tertiary/aromatic N) is 4. The van der Waals surface area contributed by atoms with Crippen LogP contribution in [-0.4, -0.2) is 74.5 Å². The van der Waals surface area contributed by atoms with Gasteiger partial charge >= 0.3 is 0 Å². The SMILES string of the molecule is C=CCN1CC(=O)N2[C@@H](Cc3ccc(O)cc3)C(=O)N(Cc3cccc(Oc4ccccc4)c3)C[C@@H]2N1C(=O)CCc1ccccc1. The van der Waals surface area contributed by atoms with Crippen molar-refractivity contribution in [2.75, 3.05) is 19.6 Å². The number of para-hydroxylation sites is 1. The maximum Gasteiger partial charge on any atom is 0.246 e. The number of hydrazine groups is 1. The Hall–Kier alpha value is -5.41. The molecule has 9 heteroatoms. The standard InChI is InChI=1S/C38H38N4O5/c1-2-22-40-27-37(45)41-34(24-29-16-19-31(43)20-17-29)38(46)39(25-30-12-9-15-33(23-30)47-32-13-7-4-8-14-32)26-35(41)42(40)36(44)21-18-28-10-5-3-6-11-28/h2-17,19-20,23,34-35,43H,1,18,21-22,24-27H2/t34-,35-/m0/s1. The maximum absolute atomic E-state index is 14.3. The molecule has 0 aliphatic carbocycles. The van der Waals surface area contributed by atoms with Gasteiger partial charge in [-0.3, -0.25) is 14.4 Å². The van der Waals surface area contributed by atoms with E-state index in [0.29, 0.717) is 24.5 Å². The largest absolute Gasteiger partial charge is 0.508 e. The predicted octanol–water partition coefficient (Wildman–Crippen LogP) is 5.17. The minimum absolute atomic E-state index is 0.0438. The highest BCUT2D eigenvalue weighted by Gasteiger charge is 2.51. The molecule has 0 saturated carbocycles. The molecule has 0 aromatic heterocycles. The molecule has 3 amide bonds. The lowest BCUT2D eigenvalue weighted by Gasteiger charge is -2.55. The highest BCUT2D eigenvalue weighted by molar-refractivity contribution is 5.92. The summed E-state index contributed by atoms with van der Waals surface area (Å²) in [7, 11) is 0. The monoisotopic (exact) mass is 630 g/mol. The van der Waals surface area contributed by atoms with Crippen LogP contribution in [0.4, 0.5) is 0 Å². The summed E-state index contributed by atoms with van der Waals surface area (Å²) in [6.45, 7) is 4.54. The molecule has 4 aromatic carbocycles. The van der Waals surface area contributed by atoms with Gasteiger partial charge in [-0.05, 0) is 59.5 Å². The van der Waals surface area contributed by atoms with Crippen molar-refractivity contribution < 1.29 is 24.2 Å². The Balaban J connectivity index is 1.32. The molecule has 0 unspecified atom stereocenters. The van der Waals surface area contributed by atoms with Gasteiger partial charge in [0.2, 0.25) is 17.7 Å². The highest BCUT2D eigenvalue weighted by Crippen LogP contribution is 2.31. The van der Waals surface area contributed by atoms with E-state index in [2.05, 4.69) is 6.58 Å². The molecule has 0 radical (unpaired) electrons. The Bertz CT molecular complexity index is 1710. The first-order valence-electron chi connectivity index (χ1n) is 15.8. The number of phenolic OH excluding ortho intramolecular Hbond substituents is 1. The molecule has 2 saturated heterocycles.